The molecule has 0 unspecified atom stereocenters. The van der Waals surface area contributed by atoms with Gasteiger partial charge in [0.2, 0.25) is 0 Å². The smallest absolute Gasteiger partial charge is 0.118 e. The first-order valence-electron chi connectivity index (χ1n) is 8.31. The zero-order valence-electron chi connectivity index (χ0n) is 13.8. The molecule has 0 bridgehead atoms. The van der Waals surface area contributed by atoms with Gasteiger partial charge in [-0.05, 0) is 36.2 Å². The summed E-state index contributed by atoms with van der Waals surface area (Å²) in [6.45, 7) is 6.63. The molecule has 4 heteroatoms. The van der Waals surface area contributed by atoms with E-state index in [1.807, 2.05) is 24.4 Å². The molecule has 0 aliphatic carbocycles. The van der Waals surface area contributed by atoms with Crippen LogP contribution < -0.4 is 4.74 Å². The van der Waals surface area contributed by atoms with Crippen LogP contribution in [0.5, 0.6) is 5.75 Å². The topological polar surface area (TPSA) is 28.6 Å². The fourth-order valence-electron chi connectivity index (χ4n) is 2.97. The predicted molar refractivity (Wildman–Crippen MR) is 92.7 cm³/mol. The lowest BCUT2D eigenvalue weighted by molar-refractivity contribution is 0.127. The summed E-state index contributed by atoms with van der Waals surface area (Å²) in [5.41, 5.74) is 2.54. The second kappa shape index (κ2) is 8.09. The molecular formula is C19H25N3O. The van der Waals surface area contributed by atoms with Gasteiger partial charge in [0.25, 0.3) is 0 Å². The van der Waals surface area contributed by atoms with Gasteiger partial charge in [-0.3, -0.25) is 9.88 Å². The third kappa shape index (κ3) is 4.78. The van der Waals surface area contributed by atoms with Crippen LogP contribution in [0.4, 0.5) is 0 Å². The van der Waals surface area contributed by atoms with Crippen molar-refractivity contribution in [2.24, 2.45) is 0 Å². The minimum Gasteiger partial charge on any atom is -0.497 e. The molecule has 23 heavy (non-hydrogen) atoms. The van der Waals surface area contributed by atoms with Gasteiger partial charge in [0.15, 0.2) is 0 Å². The van der Waals surface area contributed by atoms with Crippen molar-refractivity contribution in [3.63, 3.8) is 0 Å². The summed E-state index contributed by atoms with van der Waals surface area (Å²) in [5.74, 6) is 0.928. The van der Waals surface area contributed by atoms with E-state index in [-0.39, 0.29) is 0 Å². The minimum atomic E-state index is 0.928. The monoisotopic (exact) mass is 311 g/mol. The first kappa shape index (κ1) is 16.0. The zero-order chi connectivity index (χ0) is 15.9. The van der Waals surface area contributed by atoms with Gasteiger partial charge in [-0.1, -0.05) is 18.2 Å². The number of nitrogens with zero attached hydrogens (tertiary/aromatic N) is 3. The third-order valence-corrected chi connectivity index (χ3v) is 4.45. The first-order chi connectivity index (χ1) is 11.3. The number of piperazine rings is 1. The van der Waals surface area contributed by atoms with Gasteiger partial charge < -0.3 is 9.64 Å². The van der Waals surface area contributed by atoms with E-state index in [4.69, 9.17) is 4.74 Å². The van der Waals surface area contributed by atoms with Crippen LogP contribution in [0, 0.1) is 0 Å². The van der Waals surface area contributed by atoms with Crippen molar-refractivity contribution in [2.75, 3.05) is 39.8 Å². The van der Waals surface area contributed by atoms with E-state index in [0.717, 1.165) is 51.4 Å². The normalized spacial score (nSPS) is 16.4. The van der Waals surface area contributed by atoms with Gasteiger partial charge in [0, 0.05) is 45.5 Å². The zero-order valence-corrected chi connectivity index (χ0v) is 13.8. The van der Waals surface area contributed by atoms with Crippen LogP contribution in [0.1, 0.15) is 11.3 Å². The fourth-order valence-corrected chi connectivity index (χ4v) is 2.97. The second-order valence-electron chi connectivity index (χ2n) is 6.04. The van der Waals surface area contributed by atoms with Crippen molar-refractivity contribution in [1.29, 1.82) is 0 Å². The van der Waals surface area contributed by atoms with Gasteiger partial charge in [0.1, 0.15) is 5.75 Å². The number of benzene rings is 1. The van der Waals surface area contributed by atoms with Gasteiger partial charge in [-0.2, -0.15) is 0 Å². The number of hydrogen-bond donors (Lipinski definition) is 0. The molecule has 1 aromatic carbocycles. The average molecular weight is 311 g/mol. The quantitative estimate of drug-likeness (QED) is 0.819. The van der Waals surface area contributed by atoms with Crippen LogP contribution in [0.2, 0.25) is 0 Å². The molecule has 1 fully saturated rings. The highest BCUT2D eigenvalue weighted by Gasteiger charge is 2.16. The van der Waals surface area contributed by atoms with Crippen LogP contribution in [0.25, 0.3) is 0 Å². The molecule has 4 nitrogen and oxygen atoms in total. The molecule has 2 heterocycles. The third-order valence-electron chi connectivity index (χ3n) is 4.45. The van der Waals surface area contributed by atoms with Gasteiger partial charge in [-0.15, -0.1) is 0 Å². The molecule has 0 radical (unpaired) electrons. The SMILES string of the molecule is COc1ccc(CCN2CCN(Cc3ccccn3)CC2)cc1. The molecule has 3 rings (SSSR count). The summed E-state index contributed by atoms with van der Waals surface area (Å²) in [4.78, 5) is 9.46. The van der Waals surface area contributed by atoms with Crippen molar-refractivity contribution in [2.45, 2.75) is 13.0 Å². The molecule has 1 saturated heterocycles. The summed E-state index contributed by atoms with van der Waals surface area (Å²) in [6.07, 6.45) is 2.98. The van der Waals surface area contributed by atoms with Crippen molar-refractivity contribution in [3.8, 4) is 5.75 Å². The van der Waals surface area contributed by atoms with E-state index in [1.54, 1.807) is 7.11 Å². The Bertz CT molecular complexity index is 577. The predicted octanol–water partition coefficient (Wildman–Crippen LogP) is 2.45. The Balaban J connectivity index is 1.40. The number of aromatic nitrogens is 1. The van der Waals surface area contributed by atoms with Crippen LogP contribution in [-0.2, 0) is 13.0 Å². The summed E-state index contributed by atoms with van der Waals surface area (Å²) in [6, 6.07) is 14.6. The van der Waals surface area contributed by atoms with Crippen molar-refractivity contribution in [1.82, 2.24) is 14.8 Å². The Hall–Kier alpha value is -1.91. The van der Waals surface area contributed by atoms with E-state index in [9.17, 15) is 0 Å². The number of pyridine rings is 1. The molecule has 0 spiro atoms. The van der Waals surface area contributed by atoms with Crippen molar-refractivity contribution in [3.05, 3.63) is 59.9 Å². The van der Waals surface area contributed by atoms with Gasteiger partial charge in [0.05, 0.1) is 12.8 Å². The Morgan fingerprint density at radius 2 is 1.70 bits per heavy atom. The van der Waals surface area contributed by atoms with Crippen molar-refractivity contribution >= 4 is 0 Å². The molecule has 0 saturated carbocycles. The van der Waals surface area contributed by atoms with E-state index in [1.165, 1.54) is 11.3 Å². The Morgan fingerprint density at radius 1 is 0.957 bits per heavy atom. The Labute approximate surface area is 138 Å². The minimum absolute atomic E-state index is 0.928. The Morgan fingerprint density at radius 3 is 2.35 bits per heavy atom. The lowest BCUT2D eigenvalue weighted by Crippen LogP contribution is -2.46. The van der Waals surface area contributed by atoms with E-state index in [0.29, 0.717) is 0 Å². The molecule has 1 aromatic heterocycles. The molecule has 0 atom stereocenters. The first-order valence-corrected chi connectivity index (χ1v) is 8.31. The molecule has 122 valence electrons. The number of methoxy groups -OCH3 is 1. The fraction of sp³-hybridized carbons (Fsp3) is 0.421. The maximum atomic E-state index is 5.20. The number of rotatable bonds is 6. The molecule has 1 aliphatic rings. The lowest BCUT2D eigenvalue weighted by atomic mass is 10.1. The summed E-state index contributed by atoms with van der Waals surface area (Å²) in [7, 11) is 1.71. The second-order valence-corrected chi connectivity index (χ2v) is 6.04. The summed E-state index contributed by atoms with van der Waals surface area (Å²) >= 11 is 0. The molecule has 1 aliphatic heterocycles. The van der Waals surface area contributed by atoms with Crippen LogP contribution in [-0.4, -0.2) is 54.6 Å². The Kier molecular flexibility index (Phi) is 5.61. The number of hydrogen-bond acceptors (Lipinski definition) is 4. The lowest BCUT2D eigenvalue weighted by Gasteiger charge is -2.34. The average Bonchev–Trinajstić information content (AvgIpc) is 2.62. The molecule has 0 N–H and O–H groups in total. The molecular weight excluding hydrogens is 286 g/mol. The summed E-state index contributed by atoms with van der Waals surface area (Å²) in [5, 5.41) is 0. The van der Waals surface area contributed by atoms with Crippen LogP contribution in [0.15, 0.2) is 48.7 Å². The van der Waals surface area contributed by atoms with Crippen LogP contribution in [0.3, 0.4) is 0 Å². The van der Waals surface area contributed by atoms with Gasteiger partial charge >= 0.3 is 0 Å². The van der Waals surface area contributed by atoms with E-state index < -0.39 is 0 Å². The van der Waals surface area contributed by atoms with E-state index >= 15 is 0 Å². The highest BCUT2D eigenvalue weighted by molar-refractivity contribution is 5.27. The maximum absolute atomic E-state index is 5.20. The maximum Gasteiger partial charge on any atom is 0.118 e. The van der Waals surface area contributed by atoms with Crippen molar-refractivity contribution < 1.29 is 4.74 Å². The largest absolute Gasteiger partial charge is 0.497 e. The summed E-state index contributed by atoms with van der Waals surface area (Å²) < 4.78 is 5.20. The highest BCUT2D eigenvalue weighted by atomic mass is 16.5. The number of ether oxygens (including phenoxy) is 1. The highest BCUT2D eigenvalue weighted by Crippen LogP contribution is 2.13. The molecule has 0 amide bonds. The molecule has 2 aromatic rings. The van der Waals surface area contributed by atoms with Gasteiger partial charge in [-0.25, -0.2) is 0 Å². The standard InChI is InChI=1S/C19H25N3O/c1-23-19-7-5-17(6-8-19)9-11-21-12-14-22(15-13-21)16-18-4-2-3-10-20-18/h2-8,10H,9,11-16H2,1H3. The van der Waals surface area contributed by atoms with Crippen LogP contribution >= 0.6 is 0 Å². The van der Waals surface area contributed by atoms with E-state index in [2.05, 4.69) is 39.0 Å².